The molecule has 3 heteroatoms. The number of aliphatic hydroxyl groups is 1. The molecule has 0 spiro atoms. The normalized spacial score (nSPS) is 22.0. The maximum Gasteiger partial charge on any atom is 0.129 e. The predicted molar refractivity (Wildman–Crippen MR) is 47.3 cm³/mol. The summed E-state index contributed by atoms with van der Waals surface area (Å²) in [5, 5.41) is 9.91. The number of pyridine rings is 1. The summed E-state index contributed by atoms with van der Waals surface area (Å²) in [4.78, 5) is 4.20. The van der Waals surface area contributed by atoms with E-state index in [-0.39, 0.29) is 6.10 Å². The highest BCUT2D eigenvalue weighted by atomic mass is 35.5. The summed E-state index contributed by atoms with van der Waals surface area (Å²) < 4.78 is 0. The molecule has 1 atom stereocenters. The molecule has 0 saturated heterocycles. The van der Waals surface area contributed by atoms with Crippen LogP contribution in [-0.2, 0) is 12.8 Å². The van der Waals surface area contributed by atoms with Crippen LogP contribution in [0, 0.1) is 0 Å². The summed E-state index contributed by atoms with van der Waals surface area (Å²) in [5.41, 5.74) is 2.19. The van der Waals surface area contributed by atoms with Gasteiger partial charge in [-0.05, 0) is 24.5 Å². The van der Waals surface area contributed by atoms with Gasteiger partial charge in [0.25, 0.3) is 0 Å². The van der Waals surface area contributed by atoms with Crippen LogP contribution < -0.4 is 0 Å². The molecule has 2 rings (SSSR count). The first kappa shape index (κ1) is 8.02. The Morgan fingerprint density at radius 3 is 3.17 bits per heavy atom. The van der Waals surface area contributed by atoms with E-state index in [0.717, 1.165) is 30.5 Å². The van der Waals surface area contributed by atoms with Gasteiger partial charge in [-0.2, -0.15) is 0 Å². The molecule has 0 aromatic carbocycles. The number of hydrogen-bond acceptors (Lipinski definition) is 2. The molecule has 0 amide bonds. The van der Waals surface area contributed by atoms with E-state index in [0.29, 0.717) is 5.15 Å². The minimum atomic E-state index is -0.194. The molecule has 0 fully saturated rings. The van der Waals surface area contributed by atoms with Crippen molar-refractivity contribution >= 4 is 11.6 Å². The van der Waals surface area contributed by atoms with Crippen molar-refractivity contribution in [3.63, 3.8) is 0 Å². The smallest absolute Gasteiger partial charge is 0.129 e. The van der Waals surface area contributed by atoms with Crippen molar-refractivity contribution in [3.05, 3.63) is 28.5 Å². The molecule has 0 radical (unpaired) electrons. The first-order valence-electron chi connectivity index (χ1n) is 4.08. The first-order chi connectivity index (χ1) is 5.75. The number of rotatable bonds is 0. The van der Waals surface area contributed by atoms with Gasteiger partial charge in [0, 0.05) is 12.1 Å². The number of fused-ring (bicyclic) bond motifs is 1. The van der Waals surface area contributed by atoms with Gasteiger partial charge in [-0.25, -0.2) is 4.98 Å². The van der Waals surface area contributed by atoms with Crippen molar-refractivity contribution in [3.8, 4) is 0 Å². The number of aliphatic hydroxyl groups excluding tert-OH is 1. The topological polar surface area (TPSA) is 33.1 Å². The second kappa shape index (κ2) is 3.04. The number of halogens is 1. The van der Waals surface area contributed by atoms with Gasteiger partial charge in [-0.3, -0.25) is 0 Å². The molecule has 0 saturated carbocycles. The van der Waals surface area contributed by atoms with Crippen LogP contribution in [0.1, 0.15) is 17.7 Å². The van der Waals surface area contributed by atoms with E-state index in [1.54, 1.807) is 6.07 Å². The minimum absolute atomic E-state index is 0.194. The lowest BCUT2D eigenvalue weighted by atomic mass is 9.94. The summed E-state index contributed by atoms with van der Waals surface area (Å²) in [5.74, 6) is 0. The highest BCUT2D eigenvalue weighted by molar-refractivity contribution is 6.29. The van der Waals surface area contributed by atoms with Crippen molar-refractivity contribution in [1.82, 2.24) is 4.98 Å². The van der Waals surface area contributed by atoms with E-state index in [4.69, 9.17) is 11.6 Å². The molecule has 1 aliphatic carbocycles. The van der Waals surface area contributed by atoms with Crippen LogP contribution in [0.4, 0.5) is 0 Å². The Kier molecular flexibility index (Phi) is 2.03. The van der Waals surface area contributed by atoms with Crippen molar-refractivity contribution < 1.29 is 5.11 Å². The molecule has 1 heterocycles. The standard InChI is InChI=1S/C9H10ClNO/c10-9-4-1-6-5-7(12)2-3-8(6)11-9/h1,4,7,12H,2-3,5H2. The maximum absolute atomic E-state index is 9.36. The SMILES string of the molecule is OC1CCc2nc(Cl)ccc2C1. The maximum atomic E-state index is 9.36. The van der Waals surface area contributed by atoms with Crippen LogP contribution in [0.25, 0.3) is 0 Å². The average Bonchev–Trinajstić information content (AvgIpc) is 2.05. The Morgan fingerprint density at radius 1 is 1.50 bits per heavy atom. The van der Waals surface area contributed by atoms with Gasteiger partial charge in [0.2, 0.25) is 0 Å². The third kappa shape index (κ3) is 1.45. The van der Waals surface area contributed by atoms with Gasteiger partial charge in [-0.1, -0.05) is 17.7 Å². The molecule has 12 heavy (non-hydrogen) atoms. The Balaban J connectivity index is 2.37. The summed E-state index contributed by atoms with van der Waals surface area (Å²) in [7, 11) is 0. The molecular formula is C9H10ClNO. The van der Waals surface area contributed by atoms with Gasteiger partial charge in [-0.15, -0.1) is 0 Å². The zero-order chi connectivity index (χ0) is 8.55. The second-order valence-corrected chi connectivity index (χ2v) is 3.52. The van der Waals surface area contributed by atoms with E-state index in [9.17, 15) is 5.11 Å². The molecule has 0 aliphatic heterocycles. The van der Waals surface area contributed by atoms with Crippen LogP contribution >= 0.6 is 11.6 Å². The van der Waals surface area contributed by atoms with Crippen LogP contribution in [-0.4, -0.2) is 16.2 Å². The molecule has 2 nitrogen and oxygen atoms in total. The zero-order valence-corrected chi connectivity index (χ0v) is 7.38. The van der Waals surface area contributed by atoms with Gasteiger partial charge in [0.15, 0.2) is 0 Å². The lowest BCUT2D eigenvalue weighted by molar-refractivity contribution is 0.157. The lowest BCUT2D eigenvalue weighted by Gasteiger charge is -2.19. The third-order valence-electron chi connectivity index (χ3n) is 2.20. The molecule has 0 bridgehead atoms. The van der Waals surface area contributed by atoms with Crippen molar-refractivity contribution in [2.75, 3.05) is 0 Å². The summed E-state index contributed by atoms with van der Waals surface area (Å²) in [6.07, 6.45) is 2.18. The molecular weight excluding hydrogens is 174 g/mol. The number of hydrogen-bond donors (Lipinski definition) is 1. The first-order valence-corrected chi connectivity index (χ1v) is 4.46. The largest absolute Gasteiger partial charge is 0.393 e. The molecule has 1 aromatic heterocycles. The molecule has 1 unspecified atom stereocenters. The highest BCUT2D eigenvalue weighted by Gasteiger charge is 2.17. The zero-order valence-electron chi connectivity index (χ0n) is 6.63. The van der Waals surface area contributed by atoms with E-state index in [1.807, 2.05) is 6.07 Å². The Hall–Kier alpha value is -0.600. The summed E-state index contributed by atoms with van der Waals surface area (Å²) >= 11 is 5.74. The minimum Gasteiger partial charge on any atom is -0.393 e. The number of aromatic nitrogens is 1. The van der Waals surface area contributed by atoms with Gasteiger partial charge < -0.3 is 5.11 Å². The van der Waals surface area contributed by atoms with E-state index >= 15 is 0 Å². The van der Waals surface area contributed by atoms with Gasteiger partial charge in [0.1, 0.15) is 5.15 Å². The number of nitrogens with zero attached hydrogens (tertiary/aromatic N) is 1. The fourth-order valence-electron chi connectivity index (χ4n) is 1.57. The van der Waals surface area contributed by atoms with Crippen LogP contribution in [0.15, 0.2) is 12.1 Å². The van der Waals surface area contributed by atoms with E-state index < -0.39 is 0 Å². The van der Waals surface area contributed by atoms with Crippen LogP contribution in [0.2, 0.25) is 5.15 Å². The average molecular weight is 184 g/mol. The second-order valence-electron chi connectivity index (χ2n) is 3.14. The van der Waals surface area contributed by atoms with Gasteiger partial charge in [0.05, 0.1) is 6.10 Å². The van der Waals surface area contributed by atoms with Crippen molar-refractivity contribution in [1.29, 1.82) is 0 Å². The molecule has 1 N–H and O–H groups in total. The Labute approximate surface area is 76.2 Å². The number of aryl methyl sites for hydroxylation is 1. The monoisotopic (exact) mass is 183 g/mol. The Bertz CT molecular complexity index is 301. The quantitative estimate of drug-likeness (QED) is 0.620. The third-order valence-corrected chi connectivity index (χ3v) is 2.41. The summed E-state index contributed by atoms with van der Waals surface area (Å²) in [6, 6.07) is 3.73. The predicted octanol–water partition coefficient (Wildman–Crippen LogP) is 1.58. The van der Waals surface area contributed by atoms with Gasteiger partial charge >= 0.3 is 0 Å². The van der Waals surface area contributed by atoms with E-state index in [2.05, 4.69) is 4.98 Å². The summed E-state index contributed by atoms with van der Waals surface area (Å²) in [6.45, 7) is 0. The Morgan fingerprint density at radius 2 is 2.33 bits per heavy atom. The fourth-order valence-corrected chi connectivity index (χ4v) is 1.73. The van der Waals surface area contributed by atoms with E-state index in [1.165, 1.54) is 0 Å². The fraction of sp³-hybridized carbons (Fsp3) is 0.444. The molecule has 1 aliphatic rings. The lowest BCUT2D eigenvalue weighted by Crippen LogP contribution is -2.19. The van der Waals surface area contributed by atoms with Crippen LogP contribution in [0.3, 0.4) is 0 Å². The van der Waals surface area contributed by atoms with Crippen molar-refractivity contribution in [2.45, 2.75) is 25.4 Å². The van der Waals surface area contributed by atoms with Crippen LogP contribution in [0.5, 0.6) is 0 Å². The molecule has 64 valence electrons. The van der Waals surface area contributed by atoms with Crippen molar-refractivity contribution in [2.24, 2.45) is 0 Å². The highest BCUT2D eigenvalue weighted by Crippen LogP contribution is 2.21. The molecule has 1 aromatic rings.